The summed E-state index contributed by atoms with van der Waals surface area (Å²) in [6, 6.07) is 16.2. The van der Waals surface area contributed by atoms with E-state index in [-0.39, 0.29) is 11.8 Å². The summed E-state index contributed by atoms with van der Waals surface area (Å²) in [4.78, 5) is 27.0. The molecule has 1 heterocycles. The maximum Gasteiger partial charge on any atom is 0.253 e. The predicted octanol–water partition coefficient (Wildman–Crippen LogP) is 6.42. The van der Waals surface area contributed by atoms with Crippen molar-refractivity contribution in [2.45, 2.75) is 71.3 Å². The van der Waals surface area contributed by atoms with Crippen molar-refractivity contribution in [3.63, 3.8) is 0 Å². The van der Waals surface area contributed by atoms with Crippen LogP contribution in [0.3, 0.4) is 0 Å². The lowest BCUT2D eigenvalue weighted by molar-refractivity contribution is -0.130. The molecule has 0 spiro atoms. The standard InChI is InChI=1S/C31H43N3O3/c1-4-5-21-33(2)30(35)17-13-8-6-7-9-14-20-32-31(36)28-24-34(23-25-15-11-10-12-16-25)29-19-18-26(37-3)22-27(28)29/h10-12,15-16,18-19,22,24H,4-9,13-14,17,20-21,23H2,1-3H3,(H,32,36). The van der Waals surface area contributed by atoms with Crippen LogP contribution in [-0.4, -0.2) is 48.5 Å². The number of carbonyl (C=O) groups excluding carboxylic acids is 2. The molecule has 0 atom stereocenters. The summed E-state index contributed by atoms with van der Waals surface area (Å²) >= 11 is 0. The number of hydrogen-bond donors (Lipinski definition) is 1. The first-order valence-corrected chi connectivity index (χ1v) is 13.8. The molecule has 2 aromatic carbocycles. The van der Waals surface area contributed by atoms with Gasteiger partial charge in [0.2, 0.25) is 5.91 Å². The number of ether oxygens (including phenoxy) is 1. The summed E-state index contributed by atoms with van der Waals surface area (Å²) in [5, 5.41) is 4.01. The molecule has 1 aromatic heterocycles. The molecule has 3 rings (SSSR count). The van der Waals surface area contributed by atoms with Crippen molar-refractivity contribution in [2.75, 3.05) is 27.2 Å². The lowest BCUT2D eigenvalue weighted by Crippen LogP contribution is -2.27. The van der Waals surface area contributed by atoms with Crippen LogP contribution in [0.5, 0.6) is 5.75 Å². The zero-order valence-electron chi connectivity index (χ0n) is 22.8. The molecule has 6 heteroatoms. The Labute approximate surface area is 222 Å². The van der Waals surface area contributed by atoms with Gasteiger partial charge in [-0.3, -0.25) is 9.59 Å². The highest BCUT2D eigenvalue weighted by molar-refractivity contribution is 6.07. The average molecular weight is 506 g/mol. The normalized spacial score (nSPS) is 11.0. The van der Waals surface area contributed by atoms with Crippen LogP contribution in [0.25, 0.3) is 10.9 Å². The minimum atomic E-state index is -0.0456. The van der Waals surface area contributed by atoms with E-state index in [0.29, 0.717) is 25.1 Å². The molecule has 37 heavy (non-hydrogen) atoms. The SMILES string of the molecule is CCCCN(C)C(=O)CCCCCCCCNC(=O)c1cn(Cc2ccccc2)c2ccc(OC)cc12. The Morgan fingerprint density at radius 1 is 0.946 bits per heavy atom. The third-order valence-corrected chi connectivity index (χ3v) is 6.90. The number of benzene rings is 2. The van der Waals surface area contributed by atoms with Crippen LogP contribution in [0.15, 0.2) is 54.7 Å². The number of fused-ring (bicyclic) bond motifs is 1. The quantitative estimate of drug-likeness (QED) is 0.229. The maximum absolute atomic E-state index is 13.1. The molecule has 2 amide bonds. The molecule has 0 radical (unpaired) electrons. The highest BCUT2D eigenvalue weighted by atomic mass is 16.5. The summed E-state index contributed by atoms with van der Waals surface area (Å²) in [6.45, 7) is 4.38. The lowest BCUT2D eigenvalue weighted by Gasteiger charge is -2.16. The first-order valence-electron chi connectivity index (χ1n) is 13.8. The van der Waals surface area contributed by atoms with Crippen LogP contribution in [0.4, 0.5) is 0 Å². The van der Waals surface area contributed by atoms with Crippen molar-refractivity contribution < 1.29 is 14.3 Å². The van der Waals surface area contributed by atoms with Crippen molar-refractivity contribution in [3.8, 4) is 5.75 Å². The predicted molar refractivity (Wildman–Crippen MR) is 151 cm³/mol. The second-order valence-electron chi connectivity index (χ2n) is 9.84. The summed E-state index contributed by atoms with van der Waals surface area (Å²) in [7, 11) is 3.55. The molecule has 200 valence electrons. The van der Waals surface area contributed by atoms with Gasteiger partial charge in [-0.15, -0.1) is 0 Å². The number of hydrogen-bond acceptors (Lipinski definition) is 3. The Morgan fingerprint density at radius 3 is 2.41 bits per heavy atom. The fourth-order valence-electron chi connectivity index (χ4n) is 4.61. The molecule has 3 aromatic rings. The summed E-state index contributed by atoms with van der Waals surface area (Å²) < 4.78 is 7.55. The Hall–Kier alpha value is -3.28. The van der Waals surface area contributed by atoms with Gasteiger partial charge in [0.25, 0.3) is 5.91 Å². The minimum absolute atomic E-state index is 0.0456. The molecule has 0 bridgehead atoms. The van der Waals surface area contributed by atoms with Crippen molar-refractivity contribution in [1.82, 2.24) is 14.8 Å². The topological polar surface area (TPSA) is 63.6 Å². The number of carbonyl (C=O) groups is 2. The molecular formula is C31H43N3O3. The van der Waals surface area contributed by atoms with Gasteiger partial charge in [-0.1, -0.05) is 69.4 Å². The van der Waals surface area contributed by atoms with Crippen LogP contribution >= 0.6 is 0 Å². The first kappa shape index (κ1) is 28.3. The van der Waals surface area contributed by atoms with Crippen LogP contribution in [0.1, 0.15) is 80.6 Å². The molecular weight excluding hydrogens is 462 g/mol. The van der Waals surface area contributed by atoms with Crippen LogP contribution in [0.2, 0.25) is 0 Å². The summed E-state index contributed by atoms with van der Waals surface area (Å²) in [5.41, 5.74) is 2.89. The Kier molecular flexibility index (Phi) is 11.5. The van der Waals surface area contributed by atoms with Crippen molar-refractivity contribution >= 4 is 22.7 Å². The number of nitrogens with zero attached hydrogens (tertiary/aromatic N) is 2. The smallest absolute Gasteiger partial charge is 0.253 e. The fourth-order valence-corrected chi connectivity index (χ4v) is 4.61. The van der Waals surface area contributed by atoms with E-state index in [1.54, 1.807) is 7.11 Å². The van der Waals surface area contributed by atoms with Crippen molar-refractivity contribution in [3.05, 3.63) is 65.9 Å². The third kappa shape index (κ3) is 8.66. The summed E-state index contributed by atoms with van der Waals surface area (Å²) in [5.74, 6) is 0.961. The van der Waals surface area contributed by atoms with Gasteiger partial charge in [0.15, 0.2) is 0 Å². The minimum Gasteiger partial charge on any atom is -0.497 e. The molecule has 1 N–H and O–H groups in total. The lowest BCUT2D eigenvalue weighted by atomic mass is 10.1. The van der Waals surface area contributed by atoms with Gasteiger partial charge >= 0.3 is 0 Å². The van der Waals surface area contributed by atoms with Crippen molar-refractivity contribution in [1.29, 1.82) is 0 Å². The number of nitrogens with one attached hydrogen (secondary N) is 1. The zero-order valence-corrected chi connectivity index (χ0v) is 22.8. The number of rotatable bonds is 16. The van der Waals surface area contributed by atoms with Gasteiger partial charge in [-0.2, -0.15) is 0 Å². The van der Waals surface area contributed by atoms with Gasteiger partial charge < -0.3 is 19.5 Å². The maximum atomic E-state index is 13.1. The molecule has 0 aliphatic rings. The van der Waals surface area contributed by atoms with Crippen LogP contribution < -0.4 is 10.1 Å². The monoisotopic (exact) mass is 505 g/mol. The zero-order chi connectivity index (χ0) is 26.5. The second-order valence-corrected chi connectivity index (χ2v) is 9.84. The highest BCUT2D eigenvalue weighted by Gasteiger charge is 2.16. The molecule has 0 aliphatic heterocycles. The van der Waals surface area contributed by atoms with Crippen LogP contribution in [-0.2, 0) is 11.3 Å². The molecule has 0 fully saturated rings. The van der Waals surface area contributed by atoms with E-state index in [4.69, 9.17) is 4.74 Å². The Bertz CT molecular complexity index is 1120. The van der Waals surface area contributed by atoms with E-state index in [2.05, 4.69) is 28.9 Å². The van der Waals surface area contributed by atoms with E-state index in [1.165, 1.54) is 5.56 Å². The second kappa shape index (κ2) is 15.1. The van der Waals surface area contributed by atoms with Gasteiger partial charge in [0.05, 0.1) is 12.7 Å². The molecule has 6 nitrogen and oxygen atoms in total. The van der Waals surface area contributed by atoms with Crippen molar-refractivity contribution in [2.24, 2.45) is 0 Å². The molecule has 0 unspecified atom stereocenters. The largest absolute Gasteiger partial charge is 0.497 e. The average Bonchev–Trinajstić information content (AvgIpc) is 3.28. The van der Waals surface area contributed by atoms with Gasteiger partial charge in [0.1, 0.15) is 5.75 Å². The number of unbranched alkanes of at least 4 members (excludes halogenated alkanes) is 6. The van der Waals surface area contributed by atoms with Gasteiger partial charge in [0, 0.05) is 50.2 Å². The number of amides is 2. The van der Waals surface area contributed by atoms with E-state index in [0.717, 1.165) is 74.6 Å². The van der Waals surface area contributed by atoms with E-state index in [9.17, 15) is 9.59 Å². The van der Waals surface area contributed by atoms with Gasteiger partial charge in [-0.05, 0) is 43.0 Å². The van der Waals surface area contributed by atoms with E-state index < -0.39 is 0 Å². The first-order chi connectivity index (χ1) is 18.0. The Morgan fingerprint density at radius 2 is 1.68 bits per heavy atom. The molecule has 0 saturated heterocycles. The number of methoxy groups -OCH3 is 1. The van der Waals surface area contributed by atoms with E-state index >= 15 is 0 Å². The molecule has 0 aliphatic carbocycles. The highest BCUT2D eigenvalue weighted by Crippen LogP contribution is 2.27. The fraction of sp³-hybridized carbons (Fsp3) is 0.484. The van der Waals surface area contributed by atoms with E-state index in [1.807, 2.05) is 54.5 Å². The van der Waals surface area contributed by atoms with Crippen LogP contribution in [0, 0.1) is 0 Å². The Balaban J connectivity index is 1.42. The molecule has 0 saturated carbocycles. The third-order valence-electron chi connectivity index (χ3n) is 6.90. The van der Waals surface area contributed by atoms with Gasteiger partial charge in [-0.25, -0.2) is 0 Å². The summed E-state index contributed by atoms with van der Waals surface area (Å²) in [6.07, 6.45) is 11.1. The number of aromatic nitrogens is 1.